The summed E-state index contributed by atoms with van der Waals surface area (Å²) in [6.07, 6.45) is 4.57. The second-order valence-electron chi connectivity index (χ2n) is 3.06. The van der Waals surface area contributed by atoms with Crippen molar-refractivity contribution >= 4 is 10.9 Å². The van der Waals surface area contributed by atoms with Gasteiger partial charge in [-0.15, -0.1) is 0 Å². The Morgan fingerprint density at radius 2 is 1.82 bits per heavy atom. The molecule has 0 aliphatic rings. The molecule has 0 saturated carbocycles. The van der Waals surface area contributed by atoms with Crippen molar-refractivity contribution in [2.45, 2.75) is 12.7 Å². The Morgan fingerprint density at radius 1 is 1.18 bits per heavy atom. The summed E-state index contributed by atoms with van der Waals surface area (Å²) in [6.45, 7) is 2.18. The van der Waals surface area contributed by atoms with Crippen LogP contribution in [-0.4, -0.2) is 12.5 Å². The topological polar surface area (TPSA) is 0 Å². The van der Waals surface area contributed by atoms with Crippen molar-refractivity contribution in [2.24, 2.45) is 0 Å². The largest absolute Gasteiger partial charge is 0.132 e. The van der Waals surface area contributed by atoms with Gasteiger partial charge in [-0.25, -0.2) is 0 Å². The zero-order valence-corrected chi connectivity index (χ0v) is 8.24. The summed E-state index contributed by atoms with van der Waals surface area (Å²) < 4.78 is 0. The molecule has 0 spiro atoms. The van der Waals surface area contributed by atoms with Gasteiger partial charge < -0.3 is 0 Å². The van der Waals surface area contributed by atoms with Gasteiger partial charge in [-0.05, 0) is 23.4 Å². The van der Waals surface area contributed by atoms with E-state index in [1.165, 1.54) is 16.9 Å². The highest BCUT2D eigenvalue weighted by Crippen LogP contribution is 2.10. The second-order valence-corrected chi connectivity index (χ2v) is 5.32. The highest BCUT2D eigenvalue weighted by atomic mass is 32.2. The van der Waals surface area contributed by atoms with Crippen molar-refractivity contribution in [1.29, 1.82) is 0 Å². The molecule has 1 heteroatoms. The van der Waals surface area contributed by atoms with Gasteiger partial charge >= 0.3 is 0 Å². The van der Waals surface area contributed by atoms with E-state index in [4.69, 9.17) is 0 Å². The molecule has 0 bridgehead atoms. The lowest BCUT2D eigenvalue weighted by Crippen LogP contribution is -2.00. The van der Waals surface area contributed by atoms with Gasteiger partial charge in [0.1, 0.15) is 5.75 Å². The van der Waals surface area contributed by atoms with Crippen molar-refractivity contribution in [2.75, 3.05) is 12.5 Å². The number of benzene rings is 1. The van der Waals surface area contributed by atoms with Crippen LogP contribution >= 0.6 is 0 Å². The van der Waals surface area contributed by atoms with Gasteiger partial charge in [0, 0.05) is 5.56 Å². The van der Waals surface area contributed by atoms with E-state index in [0.29, 0.717) is 10.9 Å². The third kappa shape index (κ3) is 2.58. The van der Waals surface area contributed by atoms with Gasteiger partial charge in [-0.1, -0.05) is 24.3 Å². The fourth-order valence-corrected chi connectivity index (χ4v) is 2.03. The lowest BCUT2D eigenvalue weighted by Gasteiger charge is -2.01. The van der Waals surface area contributed by atoms with Gasteiger partial charge in [0.2, 0.25) is 0 Å². The van der Waals surface area contributed by atoms with E-state index in [9.17, 15) is 0 Å². The maximum Gasteiger partial charge on any atom is 0.132 e. The van der Waals surface area contributed by atoms with Crippen molar-refractivity contribution in [1.82, 2.24) is 0 Å². The Labute approximate surface area is 72.0 Å². The smallest absolute Gasteiger partial charge is 0.0620 e. The average Bonchev–Trinajstić information content (AvgIpc) is 1.93. The van der Waals surface area contributed by atoms with E-state index >= 15 is 0 Å². The Hall–Kier alpha value is -0.430. The summed E-state index contributed by atoms with van der Waals surface area (Å²) in [6, 6.07) is 8.63. The van der Waals surface area contributed by atoms with Gasteiger partial charge in [-0.2, -0.15) is 0 Å². The van der Waals surface area contributed by atoms with E-state index in [0.717, 1.165) is 0 Å². The van der Waals surface area contributed by atoms with Crippen LogP contribution in [0.3, 0.4) is 0 Å². The van der Waals surface area contributed by atoms with Crippen molar-refractivity contribution in [3.8, 4) is 0 Å². The molecule has 60 valence electrons. The fourth-order valence-electron chi connectivity index (χ4n) is 1.08. The summed E-state index contributed by atoms with van der Waals surface area (Å²) >= 11 is 0. The molecule has 0 atom stereocenters. The normalized spacial score (nSPS) is 10.5. The van der Waals surface area contributed by atoms with Crippen molar-refractivity contribution < 1.29 is 0 Å². The van der Waals surface area contributed by atoms with Gasteiger partial charge in [0.15, 0.2) is 0 Å². The fraction of sp³-hybridized carbons (Fsp3) is 0.400. The molecule has 0 heterocycles. The minimum Gasteiger partial charge on any atom is -0.0620 e. The minimum absolute atomic E-state index is 0.523. The molecule has 0 fully saturated rings. The quantitative estimate of drug-likeness (QED) is 0.593. The first-order chi connectivity index (χ1) is 5.20. The number of hydrogen-bond donors (Lipinski definition) is 0. The second kappa shape index (κ2) is 3.82. The molecule has 0 nitrogen and oxygen atoms in total. The van der Waals surface area contributed by atoms with E-state index in [1.807, 2.05) is 0 Å². The molecule has 0 aliphatic heterocycles. The molecule has 1 aromatic carbocycles. The molecule has 1 rings (SSSR count). The molecule has 0 aromatic heterocycles. The summed E-state index contributed by atoms with van der Waals surface area (Å²) in [4.78, 5) is 0. The van der Waals surface area contributed by atoms with Crippen LogP contribution in [0.4, 0.5) is 0 Å². The van der Waals surface area contributed by atoms with Crippen LogP contribution in [0.15, 0.2) is 24.3 Å². The molecule has 0 N–H and O–H groups in total. The molecule has 0 unspecified atom stereocenters. The number of rotatable bonds is 2. The first kappa shape index (κ1) is 8.66. The lowest BCUT2D eigenvalue weighted by atomic mass is 10.1. The van der Waals surface area contributed by atoms with Crippen LogP contribution in [0.5, 0.6) is 0 Å². The van der Waals surface area contributed by atoms with Gasteiger partial charge in [0.05, 0.1) is 12.5 Å². The van der Waals surface area contributed by atoms with Crippen LogP contribution in [0.2, 0.25) is 0 Å². The summed E-state index contributed by atoms with van der Waals surface area (Å²) in [5, 5.41) is 0. The summed E-state index contributed by atoms with van der Waals surface area (Å²) in [5.41, 5.74) is 2.93. The van der Waals surface area contributed by atoms with E-state index in [-0.39, 0.29) is 0 Å². The standard InChI is InChI=1S/C10H15S/c1-9-6-4-5-7-10(9)8-11(2)3/h4-7H,8H2,1-3H3/q+1. The van der Waals surface area contributed by atoms with Crippen LogP contribution in [-0.2, 0) is 16.6 Å². The summed E-state index contributed by atoms with van der Waals surface area (Å²) in [7, 11) is 0.523. The number of hydrogen-bond acceptors (Lipinski definition) is 0. The van der Waals surface area contributed by atoms with Crippen LogP contribution in [0, 0.1) is 6.92 Å². The first-order valence-corrected chi connectivity index (χ1v) is 6.00. The van der Waals surface area contributed by atoms with Crippen LogP contribution in [0.1, 0.15) is 11.1 Å². The molecule has 11 heavy (non-hydrogen) atoms. The Kier molecular flexibility index (Phi) is 3.01. The maximum atomic E-state index is 2.28. The molecule has 1 aromatic rings. The first-order valence-electron chi connectivity index (χ1n) is 3.79. The Balaban J connectivity index is 2.78. The lowest BCUT2D eigenvalue weighted by molar-refractivity contribution is 1.30. The Bertz CT molecular complexity index is 228. The highest BCUT2D eigenvalue weighted by molar-refractivity contribution is 7.94. The molecule has 0 aliphatic carbocycles. The minimum atomic E-state index is 0.523. The van der Waals surface area contributed by atoms with Crippen LogP contribution in [0.25, 0.3) is 0 Å². The Morgan fingerprint density at radius 3 is 2.36 bits per heavy atom. The van der Waals surface area contributed by atoms with Gasteiger partial charge in [-0.3, -0.25) is 0 Å². The molecule has 0 radical (unpaired) electrons. The molecular formula is C10H15S+. The summed E-state index contributed by atoms with van der Waals surface area (Å²) in [5.74, 6) is 1.23. The van der Waals surface area contributed by atoms with Crippen molar-refractivity contribution in [3.05, 3.63) is 35.4 Å². The molecular weight excluding hydrogens is 152 g/mol. The zero-order valence-electron chi connectivity index (χ0n) is 7.42. The van der Waals surface area contributed by atoms with E-state index in [2.05, 4.69) is 43.7 Å². The highest BCUT2D eigenvalue weighted by Gasteiger charge is 2.05. The van der Waals surface area contributed by atoms with Crippen molar-refractivity contribution in [3.63, 3.8) is 0 Å². The number of aryl methyl sites for hydroxylation is 1. The van der Waals surface area contributed by atoms with Crippen LogP contribution < -0.4 is 0 Å². The van der Waals surface area contributed by atoms with E-state index in [1.54, 1.807) is 0 Å². The van der Waals surface area contributed by atoms with E-state index < -0.39 is 0 Å². The average molecular weight is 167 g/mol. The third-order valence-corrected chi connectivity index (χ3v) is 2.59. The van der Waals surface area contributed by atoms with Gasteiger partial charge in [0.25, 0.3) is 0 Å². The monoisotopic (exact) mass is 167 g/mol. The maximum absolute atomic E-state index is 2.28. The predicted molar refractivity (Wildman–Crippen MR) is 54.1 cm³/mol. The SMILES string of the molecule is Cc1ccccc1C[S+](C)C. The zero-order chi connectivity index (χ0) is 8.27. The molecule has 0 amide bonds. The third-order valence-electron chi connectivity index (χ3n) is 1.71. The molecule has 0 saturated heterocycles. The predicted octanol–water partition coefficient (Wildman–Crippen LogP) is 2.37.